The van der Waals surface area contributed by atoms with Crippen molar-refractivity contribution in [2.75, 3.05) is 0 Å². The fraction of sp³-hybridized carbons (Fsp3) is 0. The summed E-state index contributed by atoms with van der Waals surface area (Å²) >= 11 is 0. The predicted octanol–water partition coefficient (Wildman–Crippen LogP) is -2.37. The Hall–Kier alpha value is 0.539. The smallest absolute Gasteiger partial charge is 0.759 e. The first-order valence-electron chi connectivity index (χ1n) is 1.37. The topological polar surface area (TPSA) is 155 Å². The first-order valence-corrected chi connectivity index (χ1v) is 4.10. The monoisotopic (exact) mass is 314 g/mol. The second-order valence-corrected chi connectivity index (χ2v) is 2.57. The largest absolute Gasteiger partial charge is 2.00 e. The van der Waals surface area contributed by atoms with Crippen molar-refractivity contribution < 1.29 is 35.0 Å². The third kappa shape index (κ3) is 2650. The zero-order valence-corrected chi connectivity index (χ0v) is 9.15. The normalized spacial score (nSPS) is 10.5. The van der Waals surface area contributed by atoms with Crippen LogP contribution in [0.3, 0.4) is 0 Å². The van der Waals surface area contributed by atoms with Crippen LogP contribution in [-0.4, -0.2) is 59.0 Å². The van der Waals surface area contributed by atoms with E-state index in [9.17, 15) is 0 Å². The van der Waals surface area contributed by atoms with Gasteiger partial charge in [-0.25, -0.2) is 0 Å². The van der Waals surface area contributed by atoms with Gasteiger partial charge in [0.1, 0.15) is 0 Å². The van der Waals surface area contributed by atoms with Crippen LogP contribution in [0.1, 0.15) is 0 Å². The molecule has 0 aromatic carbocycles. The summed E-state index contributed by atoms with van der Waals surface area (Å²) < 4.78 is 65.7. The summed E-state index contributed by atoms with van der Waals surface area (Å²) in [5, 5.41) is 0. The second-order valence-electron chi connectivity index (χ2n) is 0.856. The molecular formula is H2O8S2Sn. The van der Waals surface area contributed by atoms with Crippen molar-refractivity contribution in [3.63, 3.8) is 0 Å². The van der Waals surface area contributed by atoms with E-state index in [1.165, 1.54) is 0 Å². The van der Waals surface area contributed by atoms with Crippen molar-refractivity contribution in [3.05, 3.63) is 0 Å². The van der Waals surface area contributed by atoms with Gasteiger partial charge in [0.15, 0.2) is 0 Å². The van der Waals surface area contributed by atoms with E-state index in [0.717, 1.165) is 0 Å². The Labute approximate surface area is 79.7 Å². The van der Waals surface area contributed by atoms with Gasteiger partial charge < -0.3 is 9.11 Å². The Kier molecular flexibility index (Phi) is 9.75. The maximum Gasteiger partial charge on any atom is 2.00 e. The molecule has 0 aliphatic rings. The summed E-state index contributed by atoms with van der Waals surface area (Å²) in [6.07, 6.45) is 0. The van der Waals surface area contributed by atoms with E-state index in [0.29, 0.717) is 0 Å². The van der Waals surface area contributed by atoms with Crippen molar-refractivity contribution >= 4 is 44.7 Å². The average Bonchev–Trinajstić information content (AvgIpc) is 1.12. The Morgan fingerprint density at radius 2 is 0.909 bits per heavy atom. The molecule has 0 aromatic rings. The van der Waals surface area contributed by atoms with Gasteiger partial charge >= 0.3 is 34.3 Å². The molecule has 0 saturated carbocycles. The maximum absolute atomic E-state index is 8.74. The summed E-state index contributed by atoms with van der Waals surface area (Å²) in [5.41, 5.74) is 0. The molecule has 66 valence electrons. The van der Waals surface area contributed by atoms with Gasteiger partial charge in [0.25, 0.3) is 0 Å². The minimum Gasteiger partial charge on any atom is -0.759 e. The van der Waals surface area contributed by atoms with Crippen LogP contribution in [0.5, 0.6) is 0 Å². The summed E-state index contributed by atoms with van der Waals surface area (Å²) in [6, 6.07) is 0. The van der Waals surface area contributed by atoms with Crippen LogP contribution in [0.25, 0.3) is 0 Å². The summed E-state index contributed by atoms with van der Waals surface area (Å²) in [5.74, 6) is 0. The first kappa shape index (κ1) is 17.6. The standard InChI is InChI=1S/2H2O4S.Sn/c2*1-5(2,3)4;/h2*(H2,1,2,3,4);/q;;+2/p-2. The summed E-state index contributed by atoms with van der Waals surface area (Å²) in [6.45, 7) is 0. The average molecular weight is 313 g/mol. The molecule has 0 heterocycles. The van der Waals surface area contributed by atoms with Crippen LogP contribution in [0, 0.1) is 0 Å². The van der Waals surface area contributed by atoms with Crippen LogP contribution < -0.4 is 0 Å². The molecule has 0 atom stereocenters. The van der Waals surface area contributed by atoms with E-state index in [1.807, 2.05) is 0 Å². The van der Waals surface area contributed by atoms with Crippen LogP contribution in [0.15, 0.2) is 0 Å². The van der Waals surface area contributed by atoms with Gasteiger partial charge in [-0.05, 0) is 0 Å². The molecule has 2 N–H and O–H groups in total. The van der Waals surface area contributed by atoms with Gasteiger partial charge in [0, 0.05) is 10.4 Å². The zero-order chi connectivity index (χ0) is 9.00. The maximum atomic E-state index is 8.74. The van der Waals surface area contributed by atoms with E-state index in [1.54, 1.807) is 0 Å². The van der Waals surface area contributed by atoms with Crippen LogP contribution in [0.4, 0.5) is 0 Å². The third-order valence-corrected chi connectivity index (χ3v) is 0. The van der Waals surface area contributed by atoms with Crippen molar-refractivity contribution in [1.29, 1.82) is 0 Å². The van der Waals surface area contributed by atoms with Crippen LogP contribution in [0.2, 0.25) is 0 Å². The van der Waals surface area contributed by atoms with Crippen molar-refractivity contribution in [1.82, 2.24) is 0 Å². The molecule has 0 aromatic heterocycles. The third-order valence-electron chi connectivity index (χ3n) is 0. The first-order chi connectivity index (χ1) is 4.00. The quantitative estimate of drug-likeness (QED) is 0.285. The van der Waals surface area contributed by atoms with E-state index >= 15 is 0 Å². The molecule has 0 aliphatic heterocycles. The van der Waals surface area contributed by atoms with Gasteiger partial charge in [0.05, 0.1) is 0 Å². The van der Waals surface area contributed by atoms with Crippen molar-refractivity contribution in [3.8, 4) is 0 Å². The number of hydrogen-bond donors (Lipinski definition) is 2. The van der Waals surface area contributed by atoms with Crippen LogP contribution >= 0.6 is 0 Å². The molecule has 0 saturated heterocycles. The van der Waals surface area contributed by atoms with E-state index in [4.69, 9.17) is 35.0 Å². The Morgan fingerprint density at radius 3 is 0.909 bits per heavy atom. The Morgan fingerprint density at radius 1 is 0.909 bits per heavy atom. The minimum absolute atomic E-state index is 0. The number of hydrogen-bond acceptors (Lipinski definition) is 6. The fourth-order valence-corrected chi connectivity index (χ4v) is 0. The molecule has 0 amide bonds. The van der Waals surface area contributed by atoms with Gasteiger partial charge in [0.2, 0.25) is 0 Å². The van der Waals surface area contributed by atoms with E-state index in [-0.39, 0.29) is 23.9 Å². The molecular weight excluding hydrogens is 311 g/mol. The van der Waals surface area contributed by atoms with Gasteiger partial charge in [-0.3, -0.25) is 17.5 Å². The predicted molar refractivity (Wildman–Crippen MR) is 30.4 cm³/mol. The van der Waals surface area contributed by atoms with Crippen molar-refractivity contribution in [2.45, 2.75) is 0 Å². The van der Waals surface area contributed by atoms with Crippen molar-refractivity contribution in [2.24, 2.45) is 0 Å². The van der Waals surface area contributed by atoms with Crippen LogP contribution in [-0.2, 0) is 20.8 Å². The van der Waals surface area contributed by atoms with Gasteiger partial charge in [-0.1, -0.05) is 0 Å². The molecule has 0 bridgehead atoms. The van der Waals surface area contributed by atoms with E-state index in [2.05, 4.69) is 0 Å². The molecule has 0 unspecified atom stereocenters. The second kappa shape index (κ2) is 6.10. The molecule has 0 rings (SSSR count). The van der Waals surface area contributed by atoms with Gasteiger partial charge in [-0.15, -0.1) is 0 Å². The molecule has 8 nitrogen and oxygen atoms in total. The molecule has 11 heavy (non-hydrogen) atoms. The summed E-state index contributed by atoms with van der Waals surface area (Å²) in [4.78, 5) is 0. The SMILES string of the molecule is O=S(=O)(O)O.O=S(=O)([O-])[O-].[Sn+2]. The Bertz CT molecular complexity index is 208. The number of rotatable bonds is 0. The minimum atomic E-state index is -5.17. The molecule has 2 radical (unpaired) electrons. The molecule has 0 aliphatic carbocycles. The fourth-order valence-electron chi connectivity index (χ4n) is 0. The van der Waals surface area contributed by atoms with E-state index < -0.39 is 20.8 Å². The van der Waals surface area contributed by atoms with Gasteiger partial charge in [-0.2, -0.15) is 8.42 Å². The molecule has 11 heteroatoms. The zero-order valence-electron chi connectivity index (χ0n) is 4.66. The molecule has 0 spiro atoms. The molecule has 0 fully saturated rings. The Balaban J connectivity index is -0.000000107. The summed E-state index contributed by atoms with van der Waals surface area (Å²) in [7, 11) is -9.83.